The Labute approximate surface area is 85.5 Å². The summed E-state index contributed by atoms with van der Waals surface area (Å²) < 4.78 is 5.54. The summed E-state index contributed by atoms with van der Waals surface area (Å²) in [7, 11) is 0. The molecular weight excluding hydrogens is 180 g/mol. The minimum absolute atomic E-state index is 0.632. The van der Waals surface area contributed by atoms with Gasteiger partial charge in [-0.05, 0) is 30.2 Å². The van der Waals surface area contributed by atoms with Crippen LogP contribution in [0, 0.1) is 5.92 Å². The van der Waals surface area contributed by atoms with Crippen LogP contribution in [-0.4, -0.2) is 12.4 Å². The maximum absolute atomic E-state index is 5.54. The van der Waals surface area contributed by atoms with E-state index >= 15 is 0 Å². The molecule has 0 saturated heterocycles. The van der Waals surface area contributed by atoms with Gasteiger partial charge in [0.2, 0.25) is 0 Å². The van der Waals surface area contributed by atoms with E-state index in [2.05, 4.69) is 19.6 Å². The molecule has 1 aromatic rings. The van der Waals surface area contributed by atoms with Crippen LogP contribution >= 0.6 is 12.6 Å². The molecule has 0 aromatic heterocycles. The van der Waals surface area contributed by atoms with Gasteiger partial charge in [-0.1, -0.05) is 25.1 Å². The van der Waals surface area contributed by atoms with Gasteiger partial charge in [0, 0.05) is 0 Å². The molecule has 0 N–H and O–H groups in total. The highest BCUT2D eigenvalue weighted by Gasteiger charge is 1.98. The first kappa shape index (κ1) is 10.5. The number of hydrogen-bond donors (Lipinski definition) is 1. The van der Waals surface area contributed by atoms with Crippen LogP contribution in [-0.2, 0) is 0 Å². The summed E-state index contributed by atoms with van der Waals surface area (Å²) in [5.41, 5.74) is 0. The molecule has 0 aliphatic heterocycles. The fraction of sp³-hybridized carbons (Fsp3) is 0.455. The molecule has 1 atom stereocenters. The van der Waals surface area contributed by atoms with Gasteiger partial charge < -0.3 is 4.74 Å². The van der Waals surface area contributed by atoms with Crippen LogP contribution in [0.2, 0.25) is 0 Å². The largest absolute Gasteiger partial charge is 0.494 e. The third-order valence-corrected chi connectivity index (χ3v) is 2.56. The first-order valence-corrected chi connectivity index (χ1v) is 5.25. The molecule has 72 valence electrons. The maximum atomic E-state index is 5.54. The molecule has 1 rings (SSSR count). The Morgan fingerprint density at radius 2 is 2.00 bits per heavy atom. The predicted molar refractivity (Wildman–Crippen MR) is 59.6 cm³/mol. The molecule has 0 fully saturated rings. The summed E-state index contributed by atoms with van der Waals surface area (Å²) >= 11 is 4.22. The van der Waals surface area contributed by atoms with Gasteiger partial charge in [0.25, 0.3) is 0 Å². The second-order valence-electron chi connectivity index (χ2n) is 3.24. The molecule has 1 aromatic carbocycles. The van der Waals surface area contributed by atoms with Crippen LogP contribution in [0.4, 0.5) is 0 Å². The summed E-state index contributed by atoms with van der Waals surface area (Å²) in [6, 6.07) is 9.91. The van der Waals surface area contributed by atoms with Crippen molar-refractivity contribution in [1.29, 1.82) is 0 Å². The standard InChI is InChI=1S/C11H16OS/c1-10(9-13)7-8-12-11-5-3-2-4-6-11/h2-6,10,13H,7-9H2,1H3. The Morgan fingerprint density at radius 3 is 2.62 bits per heavy atom. The number of hydrogen-bond acceptors (Lipinski definition) is 2. The molecule has 0 spiro atoms. The van der Waals surface area contributed by atoms with Crippen molar-refractivity contribution in [3.63, 3.8) is 0 Å². The Bertz CT molecular complexity index is 223. The fourth-order valence-electron chi connectivity index (χ4n) is 0.986. The van der Waals surface area contributed by atoms with Gasteiger partial charge in [0.1, 0.15) is 5.75 Å². The third kappa shape index (κ3) is 4.23. The van der Waals surface area contributed by atoms with Crippen molar-refractivity contribution in [2.45, 2.75) is 13.3 Å². The van der Waals surface area contributed by atoms with E-state index in [0.29, 0.717) is 5.92 Å². The Balaban J connectivity index is 2.20. The monoisotopic (exact) mass is 196 g/mol. The molecule has 0 radical (unpaired) electrons. The SMILES string of the molecule is CC(CS)CCOc1ccccc1. The van der Waals surface area contributed by atoms with Gasteiger partial charge in [-0.2, -0.15) is 12.6 Å². The number of para-hydroxylation sites is 1. The number of thiol groups is 1. The average molecular weight is 196 g/mol. The zero-order valence-corrected chi connectivity index (χ0v) is 8.84. The number of rotatable bonds is 5. The Hall–Kier alpha value is -0.630. The summed E-state index contributed by atoms with van der Waals surface area (Å²) in [5, 5.41) is 0. The van der Waals surface area contributed by atoms with E-state index in [0.717, 1.165) is 24.5 Å². The van der Waals surface area contributed by atoms with E-state index in [1.807, 2.05) is 30.3 Å². The van der Waals surface area contributed by atoms with E-state index in [1.54, 1.807) is 0 Å². The quantitative estimate of drug-likeness (QED) is 0.712. The van der Waals surface area contributed by atoms with Crippen LogP contribution in [0.15, 0.2) is 30.3 Å². The van der Waals surface area contributed by atoms with E-state index in [-0.39, 0.29) is 0 Å². The number of ether oxygens (including phenoxy) is 1. The summed E-state index contributed by atoms with van der Waals surface area (Å²) in [6.45, 7) is 2.97. The van der Waals surface area contributed by atoms with Crippen molar-refractivity contribution in [2.75, 3.05) is 12.4 Å². The van der Waals surface area contributed by atoms with Crippen molar-refractivity contribution in [3.8, 4) is 5.75 Å². The average Bonchev–Trinajstić information content (AvgIpc) is 2.19. The summed E-state index contributed by atoms with van der Waals surface area (Å²) in [4.78, 5) is 0. The Kier molecular flexibility index (Phi) is 4.76. The van der Waals surface area contributed by atoms with Crippen molar-refractivity contribution < 1.29 is 4.74 Å². The maximum Gasteiger partial charge on any atom is 0.119 e. The topological polar surface area (TPSA) is 9.23 Å². The van der Waals surface area contributed by atoms with Crippen LogP contribution in [0.3, 0.4) is 0 Å². The second kappa shape index (κ2) is 5.92. The molecule has 2 heteroatoms. The molecule has 0 heterocycles. The van der Waals surface area contributed by atoms with E-state index in [1.165, 1.54) is 0 Å². The van der Waals surface area contributed by atoms with Crippen LogP contribution in [0.25, 0.3) is 0 Å². The lowest BCUT2D eigenvalue weighted by Crippen LogP contribution is -2.04. The van der Waals surface area contributed by atoms with E-state index in [9.17, 15) is 0 Å². The molecule has 0 bridgehead atoms. The zero-order chi connectivity index (χ0) is 9.52. The normalized spacial score (nSPS) is 12.5. The van der Waals surface area contributed by atoms with Gasteiger partial charge in [0.05, 0.1) is 6.61 Å². The van der Waals surface area contributed by atoms with Crippen molar-refractivity contribution in [1.82, 2.24) is 0 Å². The van der Waals surface area contributed by atoms with Gasteiger partial charge in [-0.25, -0.2) is 0 Å². The fourth-order valence-corrected chi connectivity index (χ4v) is 1.17. The zero-order valence-electron chi connectivity index (χ0n) is 7.94. The minimum atomic E-state index is 0.632. The first-order valence-electron chi connectivity index (χ1n) is 4.61. The lowest BCUT2D eigenvalue weighted by atomic mass is 10.1. The van der Waals surface area contributed by atoms with E-state index in [4.69, 9.17) is 4.74 Å². The molecular formula is C11H16OS. The summed E-state index contributed by atoms with van der Waals surface area (Å²) in [5.74, 6) is 2.51. The summed E-state index contributed by atoms with van der Waals surface area (Å²) in [6.07, 6.45) is 1.07. The third-order valence-electron chi connectivity index (χ3n) is 1.93. The van der Waals surface area contributed by atoms with Crippen LogP contribution in [0.1, 0.15) is 13.3 Å². The molecule has 1 nitrogen and oxygen atoms in total. The number of benzene rings is 1. The molecule has 13 heavy (non-hydrogen) atoms. The predicted octanol–water partition coefficient (Wildman–Crippen LogP) is 3.02. The highest BCUT2D eigenvalue weighted by atomic mass is 32.1. The van der Waals surface area contributed by atoms with Gasteiger partial charge in [-0.3, -0.25) is 0 Å². The van der Waals surface area contributed by atoms with Crippen LogP contribution in [0.5, 0.6) is 5.75 Å². The van der Waals surface area contributed by atoms with Gasteiger partial charge in [-0.15, -0.1) is 0 Å². The molecule has 0 aliphatic carbocycles. The van der Waals surface area contributed by atoms with E-state index < -0.39 is 0 Å². The van der Waals surface area contributed by atoms with Crippen molar-refractivity contribution >= 4 is 12.6 Å². The second-order valence-corrected chi connectivity index (χ2v) is 3.60. The highest BCUT2D eigenvalue weighted by molar-refractivity contribution is 7.80. The smallest absolute Gasteiger partial charge is 0.119 e. The Morgan fingerprint density at radius 1 is 1.31 bits per heavy atom. The molecule has 1 unspecified atom stereocenters. The lowest BCUT2D eigenvalue weighted by molar-refractivity contribution is 0.291. The highest BCUT2D eigenvalue weighted by Crippen LogP contribution is 2.10. The lowest BCUT2D eigenvalue weighted by Gasteiger charge is -2.09. The first-order chi connectivity index (χ1) is 6.33. The minimum Gasteiger partial charge on any atom is -0.494 e. The molecule has 0 amide bonds. The molecule has 0 aliphatic rings. The van der Waals surface area contributed by atoms with Crippen LogP contribution < -0.4 is 4.74 Å². The van der Waals surface area contributed by atoms with Crippen molar-refractivity contribution in [2.24, 2.45) is 5.92 Å². The van der Waals surface area contributed by atoms with Gasteiger partial charge in [0.15, 0.2) is 0 Å². The molecule has 0 saturated carbocycles. The van der Waals surface area contributed by atoms with Gasteiger partial charge >= 0.3 is 0 Å². The van der Waals surface area contributed by atoms with Crippen molar-refractivity contribution in [3.05, 3.63) is 30.3 Å².